The van der Waals surface area contributed by atoms with Gasteiger partial charge in [0.05, 0.1) is 5.71 Å². The molecule has 1 aliphatic rings. The first-order chi connectivity index (χ1) is 10.7. The Kier molecular flexibility index (Phi) is 4.05. The second-order valence-corrected chi connectivity index (χ2v) is 4.90. The van der Waals surface area contributed by atoms with Crippen LogP contribution in [0.3, 0.4) is 0 Å². The monoisotopic (exact) mass is 296 g/mol. The molecule has 1 atom stereocenters. The highest BCUT2D eigenvalue weighted by Gasteiger charge is 2.27. The molecule has 0 aliphatic carbocycles. The van der Waals surface area contributed by atoms with Crippen LogP contribution in [0.2, 0.25) is 0 Å². The van der Waals surface area contributed by atoms with Crippen molar-refractivity contribution in [1.82, 2.24) is 5.43 Å². The largest absolute Gasteiger partial charge is 0.485 e. The van der Waals surface area contributed by atoms with Gasteiger partial charge in [0.1, 0.15) is 6.61 Å². The van der Waals surface area contributed by atoms with E-state index in [-0.39, 0.29) is 12.5 Å². The number of hydrogen-bond acceptors (Lipinski definition) is 4. The van der Waals surface area contributed by atoms with Gasteiger partial charge in [0.15, 0.2) is 11.5 Å². The summed E-state index contributed by atoms with van der Waals surface area (Å²) >= 11 is 0. The molecule has 0 spiro atoms. The maximum absolute atomic E-state index is 12.1. The number of fused-ring (bicyclic) bond motifs is 1. The molecule has 0 aromatic heterocycles. The van der Waals surface area contributed by atoms with Crippen molar-refractivity contribution in [1.29, 1.82) is 0 Å². The van der Waals surface area contributed by atoms with Crippen molar-refractivity contribution in [2.45, 2.75) is 13.0 Å². The minimum absolute atomic E-state index is 0.169. The summed E-state index contributed by atoms with van der Waals surface area (Å²) in [5, 5.41) is 4.11. The Labute approximate surface area is 128 Å². The minimum atomic E-state index is -0.706. The summed E-state index contributed by atoms with van der Waals surface area (Å²) in [5.41, 5.74) is 4.21. The summed E-state index contributed by atoms with van der Waals surface area (Å²) in [6.07, 6.45) is -0.706. The predicted octanol–water partition coefficient (Wildman–Crippen LogP) is 2.37. The zero-order chi connectivity index (χ0) is 15.4. The van der Waals surface area contributed by atoms with Crippen LogP contribution in [-0.2, 0) is 4.79 Å². The highest BCUT2D eigenvalue weighted by atomic mass is 16.6. The lowest BCUT2D eigenvalue weighted by Crippen LogP contribution is -2.42. The lowest BCUT2D eigenvalue weighted by Gasteiger charge is -2.24. The van der Waals surface area contributed by atoms with Gasteiger partial charge in [-0.1, -0.05) is 42.5 Å². The van der Waals surface area contributed by atoms with Crippen LogP contribution in [0.1, 0.15) is 12.5 Å². The molecular weight excluding hydrogens is 280 g/mol. The molecular formula is C17H16N2O3. The van der Waals surface area contributed by atoms with Crippen molar-refractivity contribution in [3.63, 3.8) is 0 Å². The first-order valence-corrected chi connectivity index (χ1v) is 7.02. The van der Waals surface area contributed by atoms with E-state index in [9.17, 15) is 4.79 Å². The first kappa shape index (κ1) is 14.1. The summed E-state index contributed by atoms with van der Waals surface area (Å²) in [5.74, 6) is 0.887. The molecule has 5 heteroatoms. The van der Waals surface area contributed by atoms with E-state index in [0.29, 0.717) is 11.5 Å². The van der Waals surface area contributed by atoms with Crippen LogP contribution < -0.4 is 14.9 Å². The molecule has 0 radical (unpaired) electrons. The first-order valence-electron chi connectivity index (χ1n) is 7.02. The molecule has 0 saturated heterocycles. The zero-order valence-electron chi connectivity index (χ0n) is 12.2. The molecule has 1 amide bonds. The average molecular weight is 296 g/mol. The van der Waals surface area contributed by atoms with Gasteiger partial charge in [0, 0.05) is 0 Å². The van der Waals surface area contributed by atoms with Crippen LogP contribution in [-0.4, -0.2) is 24.3 Å². The molecule has 1 N–H and O–H groups in total. The van der Waals surface area contributed by atoms with Gasteiger partial charge in [-0.25, -0.2) is 5.43 Å². The SMILES string of the molecule is C/C(=N/NC(=O)C1COc2ccccc2O1)c1ccccc1. The van der Waals surface area contributed by atoms with Gasteiger partial charge in [-0.15, -0.1) is 0 Å². The predicted molar refractivity (Wildman–Crippen MR) is 83.1 cm³/mol. The second-order valence-electron chi connectivity index (χ2n) is 4.90. The van der Waals surface area contributed by atoms with E-state index in [1.54, 1.807) is 12.1 Å². The van der Waals surface area contributed by atoms with Crippen LogP contribution in [0.15, 0.2) is 59.7 Å². The van der Waals surface area contributed by atoms with Gasteiger partial charge in [-0.3, -0.25) is 4.79 Å². The van der Waals surface area contributed by atoms with E-state index in [0.717, 1.165) is 11.3 Å². The Morgan fingerprint density at radius 3 is 2.55 bits per heavy atom. The van der Waals surface area contributed by atoms with Gasteiger partial charge >= 0.3 is 0 Å². The van der Waals surface area contributed by atoms with Crippen LogP contribution in [0.4, 0.5) is 0 Å². The second kappa shape index (κ2) is 6.30. The molecule has 2 aromatic carbocycles. The normalized spacial score (nSPS) is 17.0. The van der Waals surface area contributed by atoms with E-state index in [4.69, 9.17) is 9.47 Å². The molecule has 0 saturated carbocycles. The molecule has 2 aromatic rings. The summed E-state index contributed by atoms with van der Waals surface area (Å²) < 4.78 is 11.1. The van der Waals surface area contributed by atoms with Crippen LogP contribution in [0, 0.1) is 0 Å². The number of carbonyl (C=O) groups excluding carboxylic acids is 1. The molecule has 112 valence electrons. The van der Waals surface area contributed by atoms with Crippen molar-refractivity contribution in [3.05, 3.63) is 60.2 Å². The van der Waals surface area contributed by atoms with Gasteiger partial charge in [0.2, 0.25) is 6.10 Å². The summed E-state index contributed by atoms with van der Waals surface area (Å²) in [6, 6.07) is 16.9. The van der Waals surface area contributed by atoms with E-state index in [2.05, 4.69) is 10.5 Å². The number of amides is 1. The van der Waals surface area contributed by atoms with E-state index < -0.39 is 6.10 Å². The van der Waals surface area contributed by atoms with Gasteiger partial charge in [0.25, 0.3) is 5.91 Å². The Hall–Kier alpha value is -2.82. The van der Waals surface area contributed by atoms with Gasteiger partial charge in [-0.05, 0) is 24.6 Å². The van der Waals surface area contributed by atoms with Crippen LogP contribution in [0.5, 0.6) is 11.5 Å². The lowest BCUT2D eigenvalue weighted by atomic mass is 10.1. The third-order valence-electron chi connectivity index (χ3n) is 3.33. The fraction of sp³-hybridized carbons (Fsp3) is 0.176. The third kappa shape index (κ3) is 3.09. The summed E-state index contributed by atoms with van der Waals surface area (Å²) in [7, 11) is 0. The standard InChI is InChI=1S/C17H16N2O3/c1-12(13-7-3-2-4-8-13)18-19-17(20)16-11-21-14-9-5-6-10-15(14)22-16/h2-10,16H,11H2,1H3,(H,19,20)/b18-12-. The van der Waals surface area contributed by atoms with Crippen molar-refractivity contribution >= 4 is 11.6 Å². The number of rotatable bonds is 3. The summed E-state index contributed by atoms with van der Waals surface area (Å²) in [4.78, 5) is 12.1. The number of hydrazone groups is 1. The molecule has 0 bridgehead atoms. The van der Waals surface area contributed by atoms with Crippen molar-refractivity contribution in [2.75, 3.05) is 6.61 Å². The number of carbonyl (C=O) groups is 1. The molecule has 1 aliphatic heterocycles. The maximum atomic E-state index is 12.1. The zero-order valence-corrected chi connectivity index (χ0v) is 12.2. The smallest absolute Gasteiger partial charge is 0.284 e. The highest BCUT2D eigenvalue weighted by molar-refractivity contribution is 5.99. The van der Waals surface area contributed by atoms with Crippen LogP contribution >= 0.6 is 0 Å². The molecule has 3 rings (SSSR count). The molecule has 1 heterocycles. The Morgan fingerprint density at radius 2 is 1.77 bits per heavy atom. The number of nitrogens with one attached hydrogen (secondary N) is 1. The number of para-hydroxylation sites is 2. The quantitative estimate of drug-likeness (QED) is 0.698. The van der Waals surface area contributed by atoms with E-state index >= 15 is 0 Å². The number of nitrogens with zero attached hydrogens (tertiary/aromatic N) is 1. The van der Waals surface area contributed by atoms with Crippen molar-refractivity contribution in [2.24, 2.45) is 5.10 Å². The fourth-order valence-electron chi connectivity index (χ4n) is 2.10. The van der Waals surface area contributed by atoms with Crippen molar-refractivity contribution < 1.29 is 14.3 Å². The topological polar surface area (TPSA) is 59.9 Å². The molecule has 22 heavy (non-hydrogen) atoms. The van der Waals surface area contributed by atoms with Crippen LogP contribution in [0.25, 0.3) is 0 Å². The number of benzene rings is 2. The molecule has 5 nitrogen and oxygen atoms in total. The van der Waals surface area contributed by atoms with Crippen molar-refractivity contribution in [3.8, 4) is 11.5 Å². The number of hydrogen-bond donors (Lipinski definition) is 1. The Balaban J connectivity index is 1.64. The van der Waals surface area contributed by atoms with E-state index in [1.165, 1.54) is 0 Å². The third-order valence-corrected chi connectivity index (χ3v) is 3.33. The van der Waals surface area contributed by atoms with E-state index in [1.807, 2.05) is 49.4 Å². The molecule has 0 fully saturated rings. The number of ether oxygens (including phenoxy) is 2. The van der Waals surface area contributed by atoms with Gasteiger partial charge in [-0.2, -0.15) is 5.10 Å². The maximum Gasteiger partial charge on any atom is 0.284 e. The molecule has 1 unspecified atom stereocenters. The minimum Gasteiger partial charge on any atom is -0.485 e. The van der Waals surface area contributed by atoms with Gasteiger partial charge < -0.3 is 9.47 Å². The summed E-state index contributed by atoms with van der Waals surface area (Å²) in [6.45, 7) is 2.01. The Morgan fingerprint density at radius 1 is 1.09 bits per heavy atom. The highest BCUT2D eigenvalue weighted by Crippen LogP contribution is 2.30. The Bertz CT molecular complexity index is 698. The fourth-order valence-corrected chi connectivity index (χ4v) is 2.10. The lowest BCUT2D eigenvalue weighted by molar-refractivity contribution is -0.130. The average Bonchev–Trinajstić information content (AvgIpc) is 2.59.